The topological polar surface area (TPSA) is 60.6 Å². The molecule has 6 nitrogen and oxygen atoms in total. The van der Waals surface area contributed by atoms with E-state index < -0.39 is 0 Å². The van der Waals surface area contributed by atoms with Crippen molar-refractivity contribution >= 4 is 0 Å². The summed E-state index contributed by atoms with van der Waals surface area (Å²) in [7, 11) is 5.36. The van der Waals surface area contributed by atoms with Crippen molar-refractivity contribution in [1.29, 1.82) is 0 Å². The molecule has 1 aromatic carbocycles. The molecule has 0 saturated carbocycles. The second kappa shape index (κ2) is 7.19. The molecule has 2 aromatic rings. The highest BCUT2D eigenvalue weighted by atomic mass is 16.5. The number of benzene rings is 1. The number of aryl methyl sites for hydroxylation is 1. The van der Waals surface area contributed by atoms with E-state index in [0.717, 1.165) is 17.9 Å². The van der Waals surface area contributed by atoms with Gasteiger partial charge in [-0.1, -0.05) is 11.2 Å². The second-order valence-corrected chi connectivity index (χ2v) is 4.98. The van der Waals surface area contributed by atoms with Crippen LogP contribution >= 0.6 is 0 Å². The van der Waals surface area contributed by atoms with E-state index in [4.69, 9.17) is 14.0 Å². The van der Waals surface area contributed by atoms with E-state index in [1.165, 1.54) is 5.56 Å². The van der Waals surface area contributed by atoms with Crippen LogP contribution in [0.4, 0.5) is 0 Å². The van der Waals surface area contributed by atoms with Crippen LogP contribution in [0, 0.1) is 6.92 Å². The Bertz CT molecular complexity index is 583. The van der Waals surface area contributed by atoms with Gasteiger partial charge in [0.1, 0.15) is 5.75 Å². The van der Waals surface area contributed by atoms with Crippen molar-refractivity contribution in [3.8, 4) is 5.75 Å². The Morgan fingerprint density at radius 1 is 1.24 bits per heavy atom. The van der Waals surface area contributed by atoms with E-state index >= 15 is 0 Å². The van der Waals surface area contributed by atoms with Crippen molar-refractivity contribution < 1.29 is 14.0 Å². The van der Waals surface area contributed by atoms with Crippen LogP contribution in [0.1, 0.15) is 22.8 Å². The number of hydrogen-bond donors (Lipinski definition) is 0. The molecule has 0 N–H and O–H groups in total. The van der Waals surface area contributed by atoms with Crippen LogP contribution in [0.15, 0.2) is 22.7 Å². The Morgan fingerprint density at radius 3 is 2.67 bits per heavy atom. The molecule has 6 heteroatoms. The summed E-state index contributed by atoms with van der Waals surface area (Å²) in [6.07, 6.45) is 0. The molecule has 0 saturated heterocycles. The minimum absolute atomic E-state index is 0.533. The second-order valence-electron chi connectivity index (χ2n) is 4.98. The number of hydrogen-bond acceptors (Lipinski definition) is 6. The number of rotatable bonds is 7. The van der Waals surface area contributed by atoms with Gasteiger partial charge < -0.3 is 14.0 Å². The van der Waals surface area contributed by atoms with Crippen molar-refractivity contribution in [1.82, 2.24) is 15.0 Å². The molecule has 0 aliphatic carbocycles. The predicted octanol–water partition coefficient (Wildman–Crippen LogP) is 2.17. The zero-order chi connectivity index (χ0) is 15.2. The van der Waals surface area contributed by atoms with Crippen LogP contribution in [0.2, 0.25) is 0 Å². The van der Waals surface area contributed by atoms with Crippen LogP contribution in [-0.2, 0) is 24.4 Å². The molecule has 21 heavy (non-hydrogen) atoms. The van der Waals surface area contributed by atoms with Gasteiger partial charge in [-0.25, -0.2) is 0 Å². The molecule has 0 fully saturated rings. The first kappa shape index (κ1) is 15.5. The van der Waals surface area contributed by atoms with Gasteiger partial charge in [0.05, 0.1) is 20.3 Å². The highest BCUT2D eigenvalue weighted by molar-refractivity contribution is 5.36. The van der Waals surface area contributed by atoms with Crippen molar-refractivity contribution in [2.45, 2.75) is 26.6 Å². The SMILES string of the molecule is COCc1cc(CN(C)Cc2noc(C)n2)ccc1OC. The molecule has 114 valence electrons. The van der Waals surface area contributed by atoms with Crippen molar-refractivity contribution in [3.63, 3.8) is 0 Å². The molecule has 0 radical (unpaired) electrons. The molecular formula is C15H21N3O3. The smallest absolute Gasteiger partial charge is 0.223 e. The van der Waals surface area contributed by atoms with E-state index in [-0.39, 0.29) is 0 Å². The summed E-state index contributed by atoms with van der Waals surface area (Å²) < 4.78 is 15.5. The van der Waals surface area contributed by atoms with E-state index in [0.29, 0.717) is 24.9 Å². The van der Waals surface area contributed by atoms with E-state index in [9.17, 15) is 0 Å². The lowest BCUT2D eigenvalue weighted by atomic mass is 10.1. The van der Waals surface area contributed by atoms with Crippen LogP contribution < -0.4 is 4.74 Å². The molecule has 0 aliphatic rings. The average Bonchev–Trinajstić information content (AvgIpc) is 2.84. The van der Waals surface area contributed by atoms with Gasteiger partial charge in [-0.15, -0.1) is 0 Å². The van der Waals surface area contributed by atoms with Crippen molar-refractivity contribution in [2.75, 3.05) is 21.3 Å². The van der Waals surface area contributed by atoms with Gasteiger partial charge in [-0.05, 0) is 24.7 Å². The minimum Gasteiger partial charge on any atom is -0.496 e. The Balaban J connectivity index is 2.02. The standard InChI is InChI=1S/C15H21N3O3/c1-11-16-15(17-21-11)9-18(2)8-12-5-6-14(20-4)13(7-12)10-19-3/h5-7H,8-10H2,1-4H3. The monoisotopic (exact) mass is 291 g/mol. The van der Waals surface area contributed by atoms with Gasteiger partial charge >= 0.3 is 0 Å². The molecule has 0 amide bonds. The maximum Gasteiger partial charge on any atom is 0.223 e. The highest BCUT2D eigenvalue weighted by Crippen LogP contribution is 2.21. The maximum atomic E-state index is 5.33. The summed E-state index contributed by atoms with van der Waals surface area (Å²) in [6, 6.07) is 6.12. The fourth-order valence-electron chi connectivity index (χ4n) is 2.21. The number of nitrogens with zero attached hydrogens (tertiary/aromatic N) is 3. The molecule has 0 bridgehead atoms. The van der Waals surface area contributed by atoms with Crippen molar-refractivity contribution in [2.24, 2.45) is 0 Å². The molecule has 1 aromatic heterocycles. The van der Waals surface area contributed by atoms with Gasteiger partial charge in [0, 0.05) is 26.1 Å². The maximum absolute atomic E-state index is 5.33. The van der Waals surface area contributed by atoms with E-state index in [1.807, 2.05) is 13.1 Å². The van der Waals surface area contributed by atoms with E-state index in [1.54, 1.807) is 21.1 Å². The zero-order valence-electron chi connectivity index (χ0n) is 12.9. The predicted molar refractivity (Wildman–Crippen MR) is 77.9 cm³/mol. The number of ether oxygens (including phenoxy) is 2. The van der Waals surface area contributed by atoms with Gasteiger partial charge in [0.2, 0.25) is 5.89 Å². The first-order chi connectivity index (χ1) is 10.1. The summed E-state index contributed by atoms with van der Waals surface area (Å²) in [5.41, 5.74) is 2.23. The zero-order valence-corrected chi connectivity index (χ0v) is 12.9. The quantitative estimate of drug-likeness (QED) is 0.779. The Hall–Kier alpha value is -1.92. The summed E-state index contributed by atoms with van der Waals surface area (Å²) in [4.78, 5) is 6.33. The fraction of sp³-hybridized carbons (Fsp3) is 0.467. The molecule has 0 spiro atoms. The van der Waals surface area contributed by atoms with Gasteiger partial charge in [0.25, 0.3) is 0 Å². The van der Waals surface area contributed by atoms with Crippen molar-refractivity contribution in [3.05, 3.63) is 41.0 Å². The Labute approximate surface area is 124 Å². The van der Waals surface area contributed by atoms with Crippen LogP contribution in [0.3, 0.4) is 0 Å². The molecule has 0 atom stereocenters. The third kappa shape index (κ3) is 4.27. The van der Waals surface area contributed by atoms with Gasteiger partial charge in [-0.3, -0.25) is 4.90 Å². The molecule has 1 heterocycles. The summed E-state index contributed by atoms with van der Waals surface area (Å²) in [5, 5.41) is 3.90. The van der Waals surface area contributed by atoms with E-state index in [2.05, 4.69) is 27.2 Å². The summed E-state index contributed by atoms with van der Waals surface area (Å²) in [6.45, 7) is 3.75. The molecule has 0 unspecified atom stereocenters. The lowest BCUT2D eigenvalue weighted by Gasteiger charge is -2.16. The molecule has 2 rings (SSSR count). The third-order valence-corrected chi connectivity index (χ3v) is 3.08. The highest BCUT2D eigenvalue weighted by Gasteiger charge is 2.09. The normalized spacial score (nSPS) is 11.1. The van der Waals surface area contributed by atoms with Gasteiger partial charge in [-0.2, -0.15) is 4.98 Å². The summed E-state index contributed by atoms with van der Waals surface area (Å²) in [5.74, 6) is 2.13. The first-order valence-electron chi connectivity index (χ1n) is 6.75. The number of methoxy groups -OCH3 is 2. The van der Waals surface area contributed by atoms with Crippen LogP contribution in [0.5, 0.6) is 5.75 Å². The Morgan fingerprint density at radius 2 is 2.05 bits per heavy atom. The van der Waals surface area contributed by atoms with Crippen LogP contribution in [0.25, 0.3) is 0 Å². The average molecular weight is 291 g/mol. The largest absolute Gasteiger partial charge is 0.496 e. The van der Waals surface area contributed by atoms with Gasteiger partial charge in [0.15, 0.2) is 5.82 Å². The third-order valence-electron chi connectivity index (χ3n) is 3.08. The minimum atomic E-state index is 0.533. The lowest BCUT2D eigenvalue weighted by Crippen LogP contribution is -2.18. The fourth-order valence-corrected chi connectivity index (χ4v) is 2.21. The molecule has 0 aliphatic heterocycles. The molecular weight excluding hydrogens is 270 g/mol. The Kier molecular flexibility index (Phi) is 5.30. The lowest BCUT2D eigenvalue weighted by molar-refractivity contribution is 0.181. The summed E-state index contributed by atoms with van der Waals surface area (Å²) >= 11 is 0. The first-order valence-corrected chi connectivity index (χ1v) is 6.75. The van der Waals surface area contributed by atoms with Crippen LogP contribution in [-0.4, -0.2) is 36.3 Å². The number of aromatic nitrogens is 2.